The van der Waals surface area contributed by atoms with E-state index in [1.807, 2.05) is 7.05 Å². The molecule has 5 nitrogen and oxygen atoms in total. The predicted octanol–water partition coefficient (Wildman–Crippen LogP) is -0.714. The Labute approximate surface area is 96.1 Å². The highest BCUT2D eigenvalue weighted by Gasteiger charge is 2.38. The van der Waals surface area contributed by atoms with E-state index in [-0.39, 0.29) is 4.99 Å². The molecule has 0 bridgehead atoms. The van der Waals surface area contributed by atoms with E-state index in [4.69, 9.17) is 18.0 Å². The molecule has 0 aromatic carbocycles. The third-order valence-corrected chi connectivity index (χ3v) is 3.85. The van der Waals surface area contributed by atoms with Gasteiger partial charge in [0.15, 0.2) is 0 Å². The molecule has 0 spiro atoms. The van der Waals surface area contributed by atoms with E-state index in [9.17, 15) is 8.42 Å². The van der Waals surface area contributed by atoms with Crippen LogP contribution in [0, 0.1) is 0 Å². The van der Waals surface area contributed by atoms with Crippen molar-refractivity contribution in [3.63, 3.8) is 0 Å². The summed E-state index contributed by atoms with van der Waals surface area (Å²) in [6.45, 7) is 1.58. The van der Waals surface area contributed by atoms with Crippen LogP contribution in [0.3, 0.4) is 0 Å². The Kier molecular flexibility index (Phi) is 3.70. The van der Waals surface area contributed by atoms with Gasteiger partial charge in [-0.1, -0.05) is 12.2 Å². The van der Waals surface area contributed by atoms with E-state index in [0.717, 1.165) is 19.3 Å². The van der Waals surface area contributed by atoms with Crippen molar-refractivity contribution >= 4 is 27.2 Å². The highest BCUT2D eigenvalue weighted by molar-refractivity contribution is 7.89. The quantitative estimate of drug-likeness (QED) is 0.648. The fraction of sp³-hybridized carbons (Fsp3) is 0.875. The number of sulfonamides is 1. The first-order valence-electron chi connectivity index (χ1n) is 4.73. The van der Waals surface area contributed by atoms with Crippen molar-refractivity contribution < 1.29 is 8.42 Å². The molecule has 1 fully saturated rings. The summed E-state index contributed by atoms with van der Waals surface area (Å²) in [5.41, 5.74) is 4.91. The summed E-state index contributed by atoms with van der Waals surface area (Å²) >= 11 is 4.97. The average molecular weight is 251 g/mol. The molecule has 1 heterocycles. The van der Waals surface area contributed by atoms with Crippen molar-refractivity contribution in [1.29, 1.82) is 0 Å². The SMILES string of the molecule is CN1CCC(NS(C)(=O)=O)(C(N)=S)CC1. The highest BCUT2D eigenvalue weighted by atomic mass is 32.2. The summed E-state index contributed by atoms with van der Waals surface area (Å²) in [5.74, 6) is 0. The molecule has 0 radical (unpaired) electrons. The summed E-state index contributed by atoms with van der Waals surface area (Å²) in [5, 5.41) is 0. The first kappa shape index (κ1) is 12.8. The zero-order valence-corrected chi connectivity index (χ0v) is 10.6. The van der Waals surface area contributed by atoms with Crippen molar-refractivity contribution in [2.24, 2.45) is 5.73 Å². The largest absolute Gasteiger partial charge is 0.392 e. The molecule has 0 unspecified atom stereocenters. The van der Waals surface area contributed by atoms with Crippen LogP contribution in [-0.4, -0.2) is 50.2 Å². The van der Waals surface area contributed by atoms with Gasteiger partial charge in [-0.2, -0.15) is 0 Å². The molecule has 0 aliphatic carbocycles. The van der Waals surface area contributed by atoms with Gasteiger partial charge in [0.25, 0.3) is 0 Å². The molecule has 1 rings (SSSR count). The van der Waals surface area contributed by atoms with Crippen LogP contribution < -0.4 is 10.5 Å². The topological polar surface area (TPSA) is 75.4 Å². The van der Waals surface area contributed by atoms with Gasteiger partial charge in [0.2, 0.25) is 10.0 Å². The van der Waals surface area contributed by atoms with Gasteiger partial charge >= 0.3 is 0 Å². The maximum Gasteiger partial charge on any atom is 0.209 e. The first-order chi connectivity index (χ1) is 6.75. The van der Waals surface area contributed by atoms with Gasteiger partial charge < -0.3 is 10.6 Å². The Morgan fingerprint density at radius 1 is 1.47 bits per heavy atom. The van der Waals surface area contributed by atoms with Crippen LogP contribution in [0.1, 0.15) is 12.8 Å². The standard InChI is InChI=1S/C8H17N3O2S2/c1-11-5-3-8(4-6-11,7(9)14)10-15(2,12)13/h10H,3-6H2,1-2H3,(H2,9,14). The lowest BCUT2D eigenvalue weighted by molar-refractivity contribution is 0.221. The van der Waals surface area contributed by atoms with Gasteiger partial charge in [-0.25, -0.2) is 13.1 Å². The Morgan fingerprint density at radius 2 is 1.93 bits per heavy atom. The molecular formula is C8H17N3O2S2. The van der Waals surface area contributed by atoms with Crippen LogP contribution in [-0.2, 0) is 10.0 Å². The fourth-order valence-electron chi connectivity index (χ4n) is 1.75. The van der Waals surface area contributed by atoms with Crippen LogP contribution >= 0.6 is 12.2 Å². The second-order valence-corrected chi connectivity index (χ2v) is 6.31. The maximum absolute atomic E-state index is 11.3. The maximum atomic E-state index is 11.3. The Hall–Kier alpha value is -0.240. The Morgan fingerprint density at radius 3 is 2.27 bits per heavy atom. The molecule has 0 saturated carbocycles. The number of hydrogen-bond acceptors (Lipinski definition) is 4. The lowest BCUT2D eigenvalue weighted by Crippen LogP contribution is -2.61. The van der Waals surface area contributed by atoms with Gasteiger partial charge in [-0.3, -0.25) is 0 Å². The fourth-order valence-corrected chi connectivity index (χ4v) is 3.10. The third kappa shape index (κ3) is 3.37. The minimum absolute atomic E-state index is 0.237. The summed E-state index contributed by atoms with van der Waals surface area (Å²) < 4.78 is 25.1. The highest BCUT2D eigenvalue weighted by Crippen LogP contribution is 2.22. The molecule has 88 valence electrons. The molecule has 1 aliphatic heterocycles. The number of piperidine rings is 1. The second-order valence-electron chi connectivity index (χ2n) is 4.12. The monoisotopic (exact) mass is 251 g/mol. The molecule has 0 aromatic rings. The van der Waals surface area contributed by atoms with Crippen molar-refractivity contribution in [2.45, 2.75) is 18.4 Å². The van der Waals surface area contributed by atoms with E-state index in [2.05, 4.69) is 9.62 Å². The van der Waals surface area contributed by atoms with Crippen LogP contribution in [0.15, 0.2) is 0 Å². The molecule has 0 amide bonds. The van der Waals surface area contributed by atoms with Gasteiger partial charge in [-0.05, 0) is 19.9 Å². The molecule has 0 atom stereocenters. The molecule has 1 aliphatic rings. The molecule has 3 N–H and O–H groups in total. The summed E-state index contributed by atoms with van der Waals surface area (Å²) in [7, 11) is -1.29. The molecule has 15 heavy (non-hydrogen) atoms. The second kappa shape index (κ2) is 4.32. The van der Waals surface area contributed by atoms with Crippen LogP contribution in [0.25, 0.3) is 0 Å². The van der Waals surface area contributed by atoms with E-state index in [1.165, 1.54) is 0 Å². The van der Waals surface area contributed by atoms with E-state index in [1.54, 1.807) is 0 Å². The van der Waals surface area contributed by atoms with Crippen molar-refractivity contribution in [1.82, 2.24) is 9.62 Å². The number of hydrogen-bond donors (Lipinski definition) is 2. The number of nitrogens with two attached hydrogens (primary N) is 1. The number of rotatable bonds is 3. The van der Waals surface area contributed by atoms with Crippen molar-refractivity contribution in [3.05, 3.63) is 0 Å². The minimum atomic E-state index is -3.28. The predicted molar refractivity (Wildman–Crippen MR) is 64.2 cm³/mol. The summed E-state index contributed by atoms with van der Waals surface area (Å²) in [4.78, 5) is 2.36. The van der Waals surface area contributed by atoms with Crippen LogP contribution in [0.4, 0.5) is 0 Å². The number of nitrogens with zero attached hydrogens (tertiary/aromatic N) is 1. The molecular weight excluding hydrogens is 234 g/mol. The lowest BCUT2D eigenvalue weighted by Gasteiger charge is -2.39. The van der Waals surface area contributed by atoms with Gasteiger partial charge in [0.1, 0.15) is 0 Å². The number of nitrogens with one attached hydrogen (secondary N) is 1. The summed E-state index contributed by atoms with van der Waals surface area (Å²) in [6.07, 6.45) is 2.39. The molecule has 0 aromatic heterocycles. The Balaban J connectivity index is 2.86. The minimum Gasteiger partial charge on any atom is -0.392 e. The van der Waals surface area contributed by atoms with Crippen LogP contribution in [0.5, 0.6) is 0 Å². The van der Waals surface area contributed by atoms with Gasteiger partial charge in [0, 0.05) is 13.1 Å². The van der Waals surface area contributed by atoms with Crippen molar-refractivity contribution in [2.75, 3.05) is 26.4 Å². The number of thiocarbonyl (C=S) groups is 1. The number of likely N-dealkylation sites (tertiary alicyclic amines) is 1. The lowest BCUT2D eigenvalue weighted by atomic mass is 9.89. The third-order valence-electron chi connectivity index (χ3n) is 2.69. The van der Waals surface area contributed by atoms with E-state index in [0.29, 0.717) is 12.8 Å². The van der Waals surface area contributed by atoms with Gasteiger partial charge in [-0.15, -0.1) is 0 Å². The summed E-state index contributed by atoms with van der Waals surface area (Å²) in [6, 6.07) is 0. The molecule has 7 heteroatoms. The first-order valence-corrected chi connectivity index (χ1v) is 7.02. The Bertz CT molecular complexity index is 345. The van der Waals surface area contributed by atoms with E-state index < -0.39 is 15.6 Å². The smallest absolute Gasteiger partial charge is 0.209 e. The average Bonchev–Trinajstić information content (AvgIpc) is 2.06. The molecule has 1 saturated heterocycles. The normalized spacial score (nSPS) is 22.5. The van der Waals surface area contributed by atoms with Crippen molar-refractivity contribution in [3.8, 4) is 0 Å². The van der Waals surface area contributed by atoms with E-state index >= 15 is 0 Å². The zero-order chi connectivity index (χ0) is 11.7. The van der Waals surface area contributed by atoms with Gasteiger partial charge in [0.05, 0.1) is 16.8 Å². The zero-order valence-electron chi connectivity index (χ0n) is 8.99. The van der Waals surface area contributed by atoms with Crippen LogP contribution in [0.2, 0.25) is 0 Å².